The van der Waals surface area contributed by atoms with E-state index in [2.05, 4.69) is 5.32 Å². The summed E-state index contributed by atoms with van der Waals surface area (Å²) < 4.78 is 40.0. The fourth-order valence-corrected chi connectivity index (χ4v) is 3.18. The Balaban J connectivity index is 1.76. The van der Waals surface area contributed by atoms with Gasteiger partial charge in [-0.3, -0.25) is 4.79 Å². The van der Waals surface area contributed by atoms with Crippen LogP contribution in [0.4, 0.5) is 14.5 Å². The molecule has 2 aromatic carbocycles. The predicted molar refractivity (Wildman–Crippen MR) is 103 cm³/mol. The van der Waals surface area contributed by atoms with Gasteiger partial charge < -0.3 is 14.8 Å². The highest BCUT2D eigenvalue weighted by molar-refractivity contribution is 5.74. The van der Waals surface area contributed by atoms with Crippen LogP contribution in [0.1, 0.15) is 18.4 Å². The predicted octanol–water partition coefficient (Wildman–Crippen LogP) is 4.82. The molecule has 0 amide bonds. The average molecular weight is 387 g/mol. The van der Waals surface area contributed by atoms with Gasteiger partial charge in [-0.25, -0.2) is 8.78 Å². The Morgan fingerprint density at radius 1 is 1.11 bits per heavy atom. The number of carbonyl (C=O) groups is 1. The Bertz CT molecular complexity index is 806. The highest BCUT2D eigenvalue weighted by atomic mass is 19.3. The number of carbonyl (C=O) groups excluding carboxylic acids is 1. The molecule has 148 valence electrons. The molecule has 0 saturated carbocycles. The van der Waals surface area contributed by atoms with Crippen LogP contribution >= 0.6 is 0 Å². The van der Waals surface area contributed by atoms with Crippen LogP contribution in [0.5, 0.6) is 5.75 Å². The lowest BCUT2D eigenvalue weighted by molar-refractivity contribution is -0.154. The molecule has 3 rings (SSSR count). The molecule has 0 unspecified atom stereocenters. The van der Waals surface area contributed by atoms with Gasteiger partial charge in [0.2, 0.25) is 0 Å². The molecule has 0 fully saturated rings. The topological polar surface area (TPSA) is 47.6 Å². The fraction of sp³-hybridized carbons (Fsp3) is 0.318. The molecule has 6 heteroatoms. The van der Waals surface area contributed by atoms with Crippen molar-refractivity contribution >= 4 is 11.7 Å². The number of hydrogen-bond acceptors (Lipinski definition) is 4. The fourth-order valence-electron chi connectivity index (χ4n) is 3.18. The number of esters is 1. The summed E-state index contributed by atoms with van der Waals surface area (Å²) in [5.41, 5.74) is 1.31. The summed E-state index contributed by atoms with van der Waals surface area (Å²) in [4.78, 5) is 12.7. The van der Waals surface area contributed by atoms with E-state index >= 15 is 0 Å². The van der Waals surface area contributed by atoms with Crippen molar-refractivity contribution in [3.05, 3.63) is 72.3 Å². The standard InChI is InChI=1S/C22H23F2NO3/c1-27-18-12-10-17(11-13-18)25-20-19(9-5-6-14-22(20,23)24)21(26)28-15-16-7-3-2-4-8-16/h2-8,10-13,19-20,25H,9,14-15H2,1H3/t19-,20-/m0/s1. The Morgan fingerprint density at radius 2 is 1.82 bits per heavy atom. The second kappa shape index (κ2) is 8.87. The second-order valence-corrected chi connectivity index (χ2v) is 6.72. The minimum absolute atomic E-state index is 0.0563. The van der Waals surface area contributed by atoms with Crippen LogP contribution in [0.2, 0.25) is 0 Å². The van der Waals surface area contributed by atoms with E-state index in [1.807, 2.05) is 30.3 Å². The Morgan fingerprint density at radius 3 is 2.50 bits per heavy atom. The highest BCUT2D eigenvalue weighted by Crippen LogP contribution is 2.36. The van der Waals surface area contributed by atoms with Gasteiger partial charge in [0, 0.05) is 12.1 Å². The van der Waals surface area contributed by atoms with E-state index in [0.717, 1.165) is 5.56 Å². The van der Waals surface area contributed by atoms with Crippen LogP contribution < -0.4 is 10.1 Å². The number of anilines is 1. The first-order chi connectivity index (χ1) is 13.5. The monoisotopic (exact) mass is 387 g/mol. The van der Waals surface area contributed by atoms with Gasteiger partial charge in [-0.05, 0) is 36.2 Å². The molecule has 1 aliphatic carbocycles. The molecule has 0 spiro atoms. The first-order valence-electron chi connectivity index (χ1n) is 9.13. The van der Waals surface area contributed by atoms with Crippen LogP contribution in [-0.2, 0) is 16.1 Å². The Labute approximate surface area is 163 Å². The normalized spacial score (nSPS) is 20.8. The van der Waals surface area contributed by atoms with Gasteiger partial charge >= 0.3 is 5.97 Å². The van der Waals surface area contributed by atoms with Crippen molar-refractivity contribution < 1.29 is 23.0 Å². The Hall–Kier alpha value is -2.89. The van der Waals surface area contributed by atoms with Gasteiger partial charge in [0.05, 0.1) is 13.0 Å². The molecule has 4 nitrogen and oxygen atoms in total. The molecule has 2 aromatic rings. The van der Waals surface area contributed by atoms with E-state index in [9.17, 15) is 13.6 Å². The van der Waals surface area contributed by atoms with Crippen LogP contribution in [0.15, 0.2) is 66.7 Å². The second-order valence-electron chi connectivity index (χ2n) is 6.72. The van der Waals surface area contributed by atoms with E-state index < -0.39 is 30.3 Å². The van der Waals surface area contributed by atoms with Crippen molar-refractivity contribution in [3.63, 3.8) is 0 Å². The van der Waals surface area contributed by atoms with Crippen molar-refractivity contribution in [2.45, 2.75) is 31.4 Å². The van der Waals surface area contributed by atoms with E-state index in [-0.39, 0.29) is 13.0 Å². The van der Waals surface area contributed by atoms with Crippen LogP contribution in [0.3, 0.4) is 0 Å². The van der Waals surface area contributed by atoms with Crippen molar-refractivity contribution in [3.8, 4) is 5.75 Å². The van der Waals surface area contributed by atoms with E-state index in [4.69, 9.17) is 9.47 Å². The van der Waals surface area contributed by atoms with Crippen LogP contribution in [-0.4, -0.2) is 25.0 Å². The Kier molecular flexibility index (Phi) is 6.29. The maximum atomic E-state index is 14.8. The quantitative estimate of drug-likeness (QED) is 0.570. The lowest BCUT2D eigenvalue weighted by Gasteiger charge is -2.31. The zero-order valence-corrected chi connectivity index (χ0v) is 15.6. The van der Waals surface area contributed by atoms with Gasteiger partial charge in [0.15, 0.2) is 0 Å². The van der Waals surface area contributed by atoms with Crippen molar-refractivity contribution in [1.29, 1.82) is 0 Å². The summed E-state index contributed by atoms with van der Waals surface area (Å²) in [6.07, 6.45) is 2.81. The molecule has 1 aliphatic rings. The van der Waals surface area contributed by atoms with Gasteiger partial charge in [-0.1, -0.05) is 42.5 Å². The maximum absolute atomic E-state index is 14.8. The molecule has 0 heterocycles. The van der Waals surface area contributed by atoms with Crippen molar-refractivity contribution in [2.24, 2.45) is 5.92 Å². The maximum Gasteiger partial charge on any atom is 0.311 e. The number of benzene rings is 2. The zero-order valence-electron chi connectivity index (χ0n) is 15.6. The molecule has 0 aliphatic heterocycles. The number of ether oxygens (including phenoxy) is 2. The summed E-state index contributed by atoms with van der Waals surface area (Å²) in [6, 6.07) is 14.5. The summed E-state index contributed by atoms with van der Waals surface area (Å²) >= 11 is 0. The molecular weight excluding hydrogens is 364 g/mol. The number of halogens is 2. The van der Waals surface area contributed by atoms with Crippen LogP contribution in [0.25, 0.3) is 0 Å². The molecule has 28 heavy (non-hydrogen) atoms. The summed E-state index contributed by atoms with van der Waals surface area (Å²) in [5.74, 6) is -4.11. The van der Waals surface area contributed by atoms with Gasteiger partial charge in [-0.2, -0.15) is 0 Å². The van der Waals surface area contributed by atoms with E-state index in [1.54, 1.807) is 30.3 Å². The third-order valence-electron chi connectivity index (χ3n) is 4.74. The summed E-state index contributed by atoms with van der Waals surface area (Å²) in [7, 11) is 1.53. The first-order valence-corrected chi connectivity index (χ1v) is 9.13. The molecule has 2 atom stereocenters. The molecule has 0 saturated heterocycles. The van der Waals surface area contributed by atoms with Gasteiger partial charge in [0.25, 0.3) is 5.92 Å². The largest absolute Gasteiger partial charge is 0.497 e. The number of methoxy groups -OCH3 is 1. The first kappa shape index (κ1) is 19.9. The SMILES string of the molecule is COc1ccc(N[C@H]2[C@@H](C(=O)OCc3ccccc3)CC=CCC2(F)F)cc1. The number of allylic oxidation sites excluding steroid dienone is 2. The third-order valence-corrected chi connectivity index (χ3v) is 4.74. The lowest BCUT2D eigenvalue weighted by Crippen LogP contribution is -2.47. The highest BCUT2D eigenvalue weighted by Gasteiger charge is 2.47. The van der Waals surface area contributed by atoms with Gasteiger partial charge in [-0.15, -0.1) is 0 Å². The van der Waals surface area contributed by atoms with E-state index in [1.165, 1.54) is 13.2 Å². The minimum atomic E-state index is -3.09. The number of nitrogens with one attached hydrogen (secondary N) is 1. The van der Waals surface area contributed by atoms with Gasteiger partial charge in [0.1, 0.15) is 18.4 Å². The smallest absolute Gasteiger partial charge is 0.311 e. The molecule has 0 aromatic heterocycles. The molecular formula is C22H23F2NO3. The number of hydrogen-bond donors (Lipinski definition) is 1. The number of rotatable bonds is 6. The van der Waals surface area contributed by atoms with Crippen molar-refractivity contribution in [2.75, 3.05) is 12.4 Å². The molecule has 0 radical (unpaired) electrons. The van der Waals surface area contributed by atoms with Crippen LogP contribution in [0, 0.1) is 5.92 Å². The number of alkyl halides is 2. The molecule has 1 N–H and O–H groups in total. The van der Waals surface area contributed by atoms with Crippen molar-refractivity contribution in [1.82, 2.24) is 0 Å². The van der Waals surface area contributed by atoms with E-state index in [0.29, 0.717) is 11.4 Å². The third kappa shape index (κ3) is 4.88. The molecule has 0 bridgehead atoms. The summed E-state index contributed by atoms with van der Waals surface area (Å²) in [6.45, 7) is 0.0563. The summed E-state index contributed by atoms with van der Waals surface area (Å²) in [5, 5.41) is 2.85. The lowest BCUT2D eigenvalue weighted by atomic mass is 9.91. The zero-order chi connectivity index (χ0) is 20.0. The minimum Gasteiger partial charge on any atom is -0.497 e. The average Bonchev–Trinajstić information content (AvgIpc) is 2.86.